The number of hydrogen-bond donors (Lipinski definition) is 7. The first-order chi connectivity index (χ1) is 64.2. The lowest BCUT2D eigenvalue weighted by Crippen LogP contribution is -2.40. The number of aromatic nitrogens is 4. The van der Waals surface area contributed by atoms with E-state index in [1.54, 1.807) is 102 Å². The minimum atomic E-state index is -1.20. The molecule has 732 valence electrons. The zero-order valence-electron chi connectivity index (χ0n) is 79.5. The topological polar surface area (TPSA) is 573 Å². The van der Waals surface area contributed by atoms with Crippen LogP contribution in [-0.2, 0) is 23.7 Å². The molecule has 3 amide bonds. The van der Waals surface area contributed by atoms with Gasteiger partial charge in [0.25, 0.3) is 22.2 Å². The van der Waals surface area contributed by atoms with Crippen LogP contribution in [0, 0.1) is 79.3 Å². The van der Waals surface area contributed by atoms with E-state index in [4.69, 9.17) is 67.6 Å². The average molecular weight is 1870 g/mol. The van der Waals surface area contributed by atoms with Crippen molar-refractivity contribution in [2.75, 3.05) is 156 Å². The average Bonchev–Trinajstić information content (AvgIpc) is 1.76. The molecular formula is C94H133N23O18. The van der Waals surface area contributed by atoms with Crippen molar-refractivity contribution < 1.29 is 62.0 Å². The van der Waals surface area contributed by atoms with Gasteiger partial charge in [-0.05, 0) is 181 Å². The van der Waals surface area contributed by atoms with E-state index in [-0.39, 0.29) is 87.5 Å². The van der Waals surface area contributed by atoms with E-state index in [1.807, 2.05) is 41.5 Å². The van der Waals surface area contributed by atoms with Gasteiger partial charge in [-0.2, -0.15) is 36.8 Å². The molecule has 135 heavy (non-hydrogen) atoms. The van der Waals surface area contributed by atoms with Crippen LogP contribution in [0.5, 0.6) is 0 Å². The number of carbonyl (C=O) groups excluding carboxylic acids is 5. The molecule has 7 aliphatic rings. The fraction of sp³-hybridized carbons (Fsp3) is 0.574. The van der Waals surface area contributed by atoms with Gasteiger partial charge in [0.1, 0.15) is 39.2 Å². The number of nitrogens with two attached hydrogens (primary N) is 2. The van der Waals surface area contributed by atoms with Crippen LogP contribution >= 0.6 is 0 Å². The molecule has 7 fully saturated rings. The molecule has 7 saturated heterocycles. The van der Waals surface area contributed by atoms with Crippen LogP contribution in [0.25, 0.3) is 0 Å². The molecule has 0 saturated carbocycles. The summed E-state index contributed by atoms with van der Waals surface area (Å²) in [6.07, 6.45) is 17.5. The zero-order chi connectivity index (χ0) is 100. The number of methoxy groups -OCH3 is 2. The van der Waals surface area contributed by atoms with Gasteiger partial charge >= 0.3 is 41.8 Å². The number of hydrogen-bond acceptors (Lipinski definition) is 33. The highest BCUT2D eigenvalue weighted by Crippen LogP contribution is 2.25. The Labute approximate surface area is 788 Å². The number of carboxylic acids is 1. The van der Waals surface area contributed by atoms with Gasteiger partial charge < -0.3 is 108 Å². The van der Waals surface area contributed by atoms with Gasteiger partial charge in [0.15, 0.2) is 0 Å². The maximum absolute atomic E-state index is 12.6. The fourth-order valence-electron chi connectivity index (χ4n) is 14.9. The zero-order valence-corrected chi connectivity index (χ0v) is 79.5. The van der Waals surface area contributed by atoms with E-state index in [0.717, 1.165) is 163 Å². The Kier molecular flexibility index (Phi) is 50.6. The van der Waals surface area contributed by atoms with Crippen LogP contribution < -0.4 is 60.6 Å². The number of ether oxygens (including phenoxy) is 5. The van der Waals surface area contributed by atoms with Crippen molar-refractivity contribution >= 4 is 47.6 Å². The second-order valence-corrected chi connectivity index (χ2v) is 35.2. The Morgan fingerprint density at radius 2 is 0.815 bits per heavy atom. The highest BCUT2D eigenvalue weighted by atomic mass is 16.6. The fourth-order valence-corrected chi connectivity index (χ4v) is 14.9. The van der Waals surface area contributed by atoms with Crippen molar-refractivity contribution in [1.82, 2.24) is 63.6 Å². The molecule has 12 heterocycles. The number of amides is 3. The van der Waals surface area contributed by atoms with E-state index in [0.29, 0.717) is 63.3 Å². The molecule has 5 aromatic heterocycles. The van der Waals surface area contributed by atoms with Crippen molar-refractivity contribution in [3.8, 4) is 42.5 Å². The molecule has 0 aromatic carbocycles. The number of nitriles is 7. The Bertz CT molecular complexity index is 5250. The normalized spacial score (nSPS) is 18.9. The number of anilines is 2. The lowest BCUT2D eigenvalue weighted by molar-refractivity contribution is 0.0495. The molecule has 0 bridgehead atoms. The quantitative estimate of drug-likeness (QED) is 0.0197. The monoisotopic (exact) mass is 1870 g/mol. The van der Waals surface area contributed by atoms with Crippen molar-refractivity contribution in [3.63, 3.8) is 0 Å². The van der Waals surface area contributed by atoms with Gasteiger partial charge in [0.2, 0.25) is 0 Å². The molecule has 7 aliphatic heterocycles. The van der Waals surface area contributed by atoms with Gasteiger partial charge in [0, 0.05) is 205 Å². The summed E-state index contributed by atoms with van der Waals surface area (Å²) in [7, 11) is 2.47. The smallest absolute Gasteiger partial charge is 0.412 e. The van der Waals surface area contributed by atoms with Crippen molar-refractivity contribution in [1.29, 1.82) is 36.8 Å². The largest absolute Gasteiger partial charge is 0.477 e. The van der Waals surface area contributed by atoms with Gasteiger partial charge in [-0.25, -0.2) is 33.6 Å². The summed E-state index contributed by atoms with van der Waals surface area (Å²) in [5.41, 5.74) is 8.28. The lowest BCUT2D eigenvalue weighted by atomic mass is 10.2. The van der Waals surface area contributed by atoms with Gasteiger partial charge in [-0.1, -0.05) is 6.58 Å². The van der Waals surface area contributed by atoms with Crippen molar-refractivity contribution in [2.45, 2.75) is 205 Å². The van der Waals surface area contributed by atoms with Gasteiger partial charge in [0.05, 0.1) is 92.8 Å². The molecule has 41 nitrogen and oxygen atoms in total. The standard InChI is InChI=1S/C17H24N4O3.C14H17N3O3.C13H15N3O3.C12H16N4O.C12H21N3O2.C9H18N2O2.C7H13N3.C7H6O4.C3H3N/c1-17(2,3)24-16(23)19-14-6-4-10-21(15(14)22)13-7-11-20(12-13)9-5-8-18;1-20-14(19)12-4-2-8-17(13(12)18)11-5-9-16(10-11)7-3-6-15;14-5-2-6-15-8-4-10(9-15)16-7-1-3-11(12(16)17)13(18)19;13-5-2-6-15-8-4-10(9-15)16-7-1-3-11(14)12(16)17;1-12(2,3)17-11(16)14-10-5-8-15(9-10)7-4-6-13;1-9(2,3)13-8(12)11-7-4-5-10-6-7;8-3-1-4-10-5-2-7(9)6-10;1-10-6(8)5-3-2-4-11-7(5)9;1-2-3-4/h4,6,10,13H,5,7,9,11-12H2,1-3H3,(H,19,23);2,4,8,11H,3,5,7,9-10H2,1H3;1,3,7,10H,2,4,6,8-9H2,(H,18,19);1,3,7,10H,2,4,6,8-9,14H2;10H,4-5,7-9H2,1-3H3,(H,14,16);7,10H,4-6H2,1-3H3,(H,11,12);7H,1-2,4-6,9H2;2-4H,1H3;2H,1H2/t13-;11-;3*10-;2*7-;;/m1111111../s1. The molecule has 0 unspecified atom stereocenters. The number of likely N-dealkylation sites (tertiary alicyclic amines) is 6. The summed E-state index contributed by atoms with van der Waals surface area (Å²) in [6, 6.07) is 31.1. The third-order valence-electron chi connectivity index (χ3n) is 21.3. The minimum absolute atomic E-state index is 0.00880. The second-order valence-electron chi connectivity index (χ2n) is 35.2. The maximum Gasteiger partial charge on any atom is 0.412 e. The summed E-state index contributed by atoms with van der Waals surface area (Å²) < 4.78 is 35.3. The lowest BCUT2D eigenvalue weighted by Gasteiger charge is -2.21. The molecule has 7 atom stereocenters. The van der Waals surface area contributed by atoms with Crippen LogP contribution in [0.1, 0.15) is 201 Å². The number of nitrogen functional groups attached to an aromatic ring is 1. The second kappa shape index (κ2) is 60.0. The minimum Gasteiger partial charge on any atom is -0.477 e. The molecule has 12 rings (SSSR count). The predicted molar refractivity (Wildman–Crippen MR) is 503 cm³/mol. The first kappa shape index (κ1) is 114. The Morgan fingerprint density at radius 3 is 1.19 bits per heavy atom. The molecule has 5 aromatic rings. The number of rotatable bonds is 22. The Balaban J connectivity index is 0.000000324. The van der Waals surface area contributed by atoms with Crippen LogP contribution in [0.4, 0.5) is 25.8 Å². The molecule has 0 spiro atoms. The molecular weight excluding hydrogens is 1740 g/mol. The number of pyridine rings is 4. The van der Waals surface area contributed by atoms with Gasteiger partial charge in [-0.3, -0.25) is 24.5 Å². The van der Waals surface area contributed by atoms with Crippen molar-refractivity contribution in [3.05, 3.63) is 173 Å². The van der Waals surface area contributed by atoms with Crippen LogP contribution in [0.15, 0.2) is 133 Å². The number of alkyl carbamates (subject to hydrolysis) is 2. The van der Waals surface area contributed by atoms with E-state index >= 15 is 0 Å². The highest BCUT2D eigenvalue weighted by Gasteiger charge is 2.32. The third-order valence-corrected chi connectivity index (χ3v) is 21.3. The SMILES string of the molecule is C=CC#N.CC(C)(C)OC(=O)N[C@@H]1CCN(CCC#N)C1.CC(C)(C)OC(=O)N[C@@H]1CCNC1.CC(C)(C)OC(=O)Nc1cccn([C@@H]2CCN(CCC#N)C2)c1=O.COC(=O)c1cccn([C@@H]2CCN(CCC#N)C2)c1=O.COC(=O)c1cccoc1=O.N#CCCN1CC[C@@H](N)C1.N#CCCN1CC[C@@H](n2cccc(C(=O)O)c2=O)C1.N#CCCN1CC[C@@H](n2cccc(N)c2=O)C1. The van der Waals surface area contributed by atoms with Crippen LogP contribution in [0.2, 0.25) is 0 Å². The summed E-state index contributed by atoms with van der Waals surface area (Å²) in [5.74, 6) is -2.48. The summed E-state index contributed by atoms with van der Waals surface area (Å²) in [4.78, 5) is 140. The number of aromatic carboxylic acids is 1. The molecule has 9 N–H and O–H groups in total. The summed E-state index contributed by atoms with van der Waals surface area (Å²) in [6.45, 7) is 36.2. The molecule has 0 radical (unpaired) electrons. The number of carbonyl (C=O) groups is 6. The number of esters is 2. The first-order valence-corrected chi connectivity index (χ1v) is 44.8. The number of nitrogens with zero attached hydrogens (tertiary/aromatic N) is 17. The van der Waals surface area contributed by atoms with E-state index < -0.39 is 52.0 Å². The first-order valence-electron chi connectivity index (χ1n) is 44.8. The van der Waals surface area contributed by atoms with E-state index in [2.05, 4.69) is 108 Å². The Morgan fingerprint density at radius 1 is 0.467 bits per heavy atom. The predicted octanol–water partition coefficient (Wildman–Crippen LogP) is 7.88. The highest BCUT2D eigenvalue weighted by molar-refractivity contribution is 5.89. The summed E-state index contributed by atoms with van der Waals surface area (Å²) >= 11 is 0. The molecule has 41 heteroatoms. The number of carboxylic acid groups (broad SMARTS) is 1. The third kappa shape index (κ3) is 43.0. The van der Waals surface area contributed by atoms with Gasteiger partial charge in [-0.15, -0.1) is 0 Å². The van der Waals surface area contributed by atoms with Crippen LogP contribution in [-0.4, -0.2) is 269 Å². The van der Waals surface area contributed by atoms with Crippen molar-refractivity contribution in [2.24, 2.45) is 5.73 Å². The van der Waals surface area contributed by atoms with E-state index in [1.165, 1.54) is 55.4 Å². The molecule has 0 aliphatic carbocycles. The maximum atomic E-state index is 12.6. The van der Waals surface area contributed by atoms with E-state index in [9.17, 15) is 52.7 Å². The number of allylic oxidation sites excluding steroid dienone is 1. The van der Waals surface area contributed by atoms with Crippen LogP contribution in [0.3, 0.4) is 0 Å². The Hall–Kier alpha value is -13.4. The summed E-state index contributed by atoms with van der Waals surface area (Å²) in [5, 5.41) is 79.0. The number of nitrogens with one attached hydrogen (secondary N) is 4.